The maximum Gasteiger partial charge on any atom is 0.244 e. The summed E-state index contributed by atoms with van der Waals surface area (Å²) in [6.07, 6.45) is 4.90. The maximum atomic E-state index is 12.3. The largest absolute Gasteiger partial charge is 0.365 e. The van der Waals surface area contributed by atoms with Gasteiger partial charge in [0.25, 0.3) is 0 Å². The molecule has 3 rings (SSSR count). The number of halogens is 1. The van der Waals surface area contributed by atoms with E-state index in [2.05, 4.69) is 10.0 Å². The van der Waals surface area contributed by atoms with Gasteiger partial charge in [-0.15, -0.1) is 0 Å². The standard InChI is InChI=1S/C12H15ClN2O2S/c13-9-4-5-10-11(8-9)18(16,17)15-12(14-10)6-2-1-3-7-12/h4-5,8,14-15H,1-3,6-7H2. The second-order valence-corrected chi connectivity index (χ2v) is 7.10. The summed E-state index contributed by atoms with van der Waals surface area (Å²) >= 11 is 5.86. The number of hydrogen-bond acceptors (Lipinski definition) is 3. The molecule has 0 atom stereocenters. The molecule has 1 aromatic carbocycles. The monoisotopic (exact) mass is 286 g/mol. The number of fused-ring (bicyclic) bond motifs is 1. The Morgan fingerprint density at radius 1 is 1.17 bits per heavy atom. The molecule has 1 heterocycles. The average Bonchev–Trinajstić information content (AvgIpc) is 2.31. The summed E-state index contributed by atoms with van der Waals surface area (Å²) in [5, 5.41) is 3.78. The lowest BCUT2D eigenvalue weighted by Gasteiger charge is -2.42. The van der Waals surface area contributed by atoms with Crippen LogP contribution in [-0.2, 0) is 10.0 Å². The van der Waals surface area contributed by atoms with Crippen molar-refractivity contribution in [3.8, 4) is 0 Å². The number of nitrogens with one attached hydrogen (secondary N) is 2. The van der Waals surface area contributed by atoms with Crippen molar-refractivity contribution in [3.63, 3.8) is 0 Å². The third kappa shape index (κ3) is 2.00. The molecule has 0 amide bonds. The molecule has 4 nitrogen and oxygen atoms in total. The maximum absolute atomic E-state index is 12.3. The van der Waals surface area contributed by atoms with Crippen LogP contribution in [0.25, 0.3) is 0 Å². The molecule has 1 spiro atoms. The molecule has 0 radical (unpaired) electrons. The highest BCUT2D eigenvalue weighted by molar-refractivity contribution is 7.89. The number of benzene rings is 1. The van der Waals surface area contributed by atoms with Gasteiger partial charge in [0, 0.05) is 5.02 Å². The molecule has 0 unspecified atom stereocenters. The Bertz CT molecular complexity index is 580. The third-order valence-electron chi connectivity index (χ3n) is 3.64. The number of rotatable bonds is 0. The Hall–Kier alpha value is -0.780. The molecule has 1 aliphatic carbocycles. The van der Waals surface area contributed by atoms with Crippen molar-refractivity contribution in [3.05, 3.63) is 23.2 Å². The minimum absolute atomic E-state index is 0.242. The number of hydrogen-bond donors (Lipinski definition) is 2. The zero-order valence-electron chi connectivity index (χ0n) is 9.87. The van der Waals surface area contributed by atoms with E-state index in [0.29, 0.717) is 10.7 Å². The molecule has 0 bridgehead atoms. The van der Waals surface area contributed by atoms with E-state index >= 15 is 0 Å². The summed E-state index contributed by atoms with van der Waals surface area (Å²) < 4.78 is 27.4. The summed E-state index contributed by atoms with van der Waals surface area (Å²) in [7, 11) is -3.47. The highest BCUT2D eigenvalue weighted by atomic mass is 35.5. The lowest BCUT2D eigenvalue weighted by Crippen LogP contribution is -2.58. The van der Waals surface area contributed by atoms with Crippen molar-refractivity contribution in [2.24, 2.45) is 0 Å². The van der Waals surface area contributed by atoms with Gasteiger partial charge < -0.3 is 5.32 Å². The van der Waals surface area contributed by atoms with E-state index in [4.69, 9.17) is 11.6 Å². The van der Waals surface area contributed by atoms with Crippen LogP contribution in [0.3, 0.4) is 0 Å². The average molecular weight is 287 g/mol. The smallest absolute Gasteiger partial charge is 0.244 e. The van der Waals surface area contributed by atoms with Crippen molar-refractivity contribution in [2.75, 3.05) is 5.32 Å². The van der Waals surface area contributed by atoms with Crippen LogP contribution in [0.15, 0.2) is 23.1 Å². The van der Waals surface area contributed by atoms with Gasteiger partial charge in [0.05, 0.1) is 5.69 Å². The van der Waals surface area contributed by atoms with Gasteiger partial charge in [0.1, 0.15) is 10.6 Å². The minimum Gasteiger partial charge on any atom is -0.365 e. The van der Waals surface area contributed by atoms with Crippen molar-refractivity contribution >= 4 is 27.3 Å². The Kier molecular flexibility index (Phi) is 2.80. The molecular formula is C12H15ClN2O2S. The summed E-state index contributed by atoms with van der Waals surface area (Å²) in [6.45, 7) is 0. The lowest BCUT2D eigenvalue weighted by atomic mass is 9.89. The molecular weight excluding hydrogens is 272 g/mol. The summed E-state index contributed by atoms with van der Waals surface area (Å²) in [4.78, 5) is 0.242. The fourth-order valence-corrected chi connectivity index (χ4v) is 4.61. The highest BCUT2D eigenvalue weighted by Gasteiger charge is 2.41. The Morgan fingerprint density at radius 3 is 2.61 bits per heavy atom. The zero-order valence-corrected chi connectivity index (χ0v) is 11.4. The first-order valence-electron chi connectivity index (χ1n) is 6.13. The molecule has 1 fully saturated rings. The summed E-state index contributed by atoms with van der Waals surface area (Å²) in [5.74, 6) is 0. The van der Waals surface area contributed by atoms with Crippen LogP contribution in [0.5, 0.6) is 0 Å². The SMILES string of the molecule is O=S1(=O)NC2(CCCCC2)Nc2ccc(Cl)cc21. The molecule has 1 saturated carbocycles. The zero-order chi connectivity index (χ0) is 12.8. The van der Waals surface area contributed by atoms with Crippen LogP contribution >= 0.6 is 11.6 Å². The Labute approximate surface area is 112 Å². The fraction of sp³-hybridized carbons (Fsp3) is 0.500. The second-order valence-electron chi connectivity index (χ2n) is 5.01. The molecule has 98 valence electrons. The topological polar surface area (TPSA) is 58.2 Å². The van der Waals surface area contributed by atoms with Crippen LogP contribution in [0.4, 0.5) is 5.69 Å². The summed E-state index contributed by atoms with van der Waals surface area (Å²) in [6, 6.07) is 4.94. The van der Waals surface area contributed by atoms with Crippen LogP contribution in [-0.4, -0.2) is 14.1 Å². The molecule has 2 aliphatic rings. The molecule has 1 aliphatic heterocycles. The molecule has 0 aromatic heterocycles. The third-order valence-corrected chi connectivity index (χ3v) is 5.46. The molecule has 2 N–H and O–H groups in total. The van der Waals surface area contributed by atoms with E-state index < -0.39 is 15.7 Å². The minimum atomic E-state index is -3.47. The van der Waals surface area contributed by atoms with Crippen LogP contribution in [0.2, 0.25) is 5.02 Å². The van der Waals surface area contributed by atoms with E-state index in [1.807, 2.05) is 0 Å². The van der Waals surface area contributed by atoms with E-state index in [1.165, 1.54) is 12.5 Å². The van der Waals surface area contributed by atoms with Crippen molar-refractivity contribution in [1.29, 1.82) is 0 Å². The van der Waals surface area contributed by atoms with Crippen LogP contribution in [0, 0.1) is 0 Å². The van der Waals surface area contributed by atoms with Gasteiger partial charge in [-0.3, -0.25) is 0 Å². The van der Waals surface area contributed by atoms with E-state index in [9.17, 15) is 8.42 Å². The predicted octanol–water partition coefficient (Wildman–Crippen LogP) is 2.70. The van der Waals surface area contributed by atoms with Crippen LogP contribution < -0.4 is 10.0 Å². The molecule has 1 aromatic rings. The van der Waals surface area contributed by atoms with Crippen molar-refractivity contribution in [2.45, 2.75) is 42.7 Å². The van der Waals surface area contributed by atoms with Crippen molar-refractivity contribution < 1.29 is 8.42 Å². The first-order chi connectivity index (χ1) is 8.51. The molecule has 6 heteroatoms. The second kappa shape index (κ2) is 4.11. The van der Waals surface area contributed by atoms with Gasteiger partial charge in [-0.25, -0.2) is 8.42 Å². The Balaban J connectivity index is 2.08. The van der Waals surface area contributed by atoms with Gasteiger partial charge in [-0.1, -0.05) is 18.0 Å². The van der Waals surface area contributed by atoms with Gasteiger partial charge >= 0.3 is 0 Å². The summed E-state index contributed by atoms with van der Waals surface area (Å²) in [5.41, 5.74) is 0.151. The fourth-order valence-electron chi connectivity index (χ4n) is 2.80. The number of sulfonamides is 1. The van der Waals surface area contributed by atoms with E-state index in [0.717, 1.165) is 25.7 Å². The lowest BCUT2D eigenvalue weighted by molar-refractivity contribution is 0.300. The normalized spacial score (nSPS) is 24.3. The van der Waals surface area contributed by atoms with E-state index in [1.54, 1.807) is 12.1 Å². The van der Waals surface area contributed by atoms with Gasteiger partial charge in [0.15, 0.2) is 0 Å². The molecule has 18 heavy (non-hydrogen) atoms. The predicted molar refractivity (Wildman–Crippen MR) is 71.2 cm³/mol. The van der Waals surface area contributed by atoms with Gasteiger partial charge in [-0.05, 0) is 43.9 Å². The highest BCUT2D eigenvalue weighted by Crippen LogP contribution is 2.38. The van der Waals surface area contributed by atoms with Gasteiger partial charge in [-0.2, -0.15) is 4.72 Å². The molecule has 0 saturated heterocycles. The first kappa shape index (κ1) is 12.3. The van der Waals surface area contributed by atoms with Gasteiger partial charge in [0.2, 0.25) is 10.0 Å². The van der Waals surface area contributed by atoms with Crippen molar-refractivity contribution in [1.82, 2.24) is 4.72 Å². The quantitative estimate of drug-likeness (QED) is 0.771. The number of anilines is 1. The first-order valence-corrected chi connectivity index (χ1v) is 7.99. The van der Waals surface area contributed by atoms with Crippen LogP contribution in [0.1, 0.15) is 32.1 Å². The Morgan fingerprint density at radius 2 is 1.89 bits per heavy atom. The van der Waals surface area contributed by atoms with E-state index in [-0.39, 0.29) is 4.90 Å².